The van der Waals surface area contributed by atoms with E-state index < -0.39 is 0 Å². The van der Waals surface area contributed by atoms with Crippen LogP contribution in [-0.2, 0) is 9.53 Å². The first kappa shape index (κ1) is 17.7. The van der Waals surface area contributed by atoms with Crippen LogP contribution < -0.4 is 10.1 Å². The molecule has 1 aromatic rings. The molecule has 1 aromatic carbocycles. The molecule has 0 spiro atoms. The van der Waals surface area contributed by atoms with Gasteiger partial charge in [-0.15, -0.1) is 0 Å². The predicted octanol–water partition coefficient (Wildman–Crippen LogP) is 1.82. The summed E-state index contributed by atoms with van der Waals surface area (Å²) in [6, 6.07) is 6.41. The molecular weight excluding hydrogens is 299 g/mol. The van der Waals surface area contributed by atoms with E-state index in [0.717, 1.165) is 26.3 Å². The molecule has 1 saturated heterocycles. The Morgan fingerprint density at radius 3 is 3.17 bits per heavy atom. The topological polar surface area (TPSA) is 50.8 Å². The maximum atomic E-state index is 13.0. The smallest absolute Gasteiger partial charge is 0.220 e. The van der Waals surface area contributed by atoms with Gasteiger partial charge < -0.3 is 14.8 Å². The van der Waals surface area contributed by atoms with Crippen molar-refractivity contribution in [3.8, 4) is 5.75 Å². The number of morpholine rings is 1. The molecule has 2 rings (SSSR count). The second kappa shape index (κ2) is 9.47. The summed E-state index contributed by atoms with van der Waals surface area (Å²) in [5, 5.41) is 2.92. The van der Waals surface area contributed by atoms with E-state index in [1.54, 1.807) is 12.1 Å². The maximum absolute atomic E-state index is 13.0. The largest absolute Gasteiger partial charge is 0.493 e. The Balaban J connectivity index is 1.53. The maximum Gasteiger partial charge on any atom is 0.220 e. The number of carbonyl (C=O) groups excluding carboxylic acids is 1. The van der Waals surface area contributed by atoms with Crippen molar-refractivity contribution in [2.75, 3.05) is 39.5 Å². The van der Waals surface area contributed by atoms with E-state index in [2.05, 4.69) is 17.1 Å². The molecule has 1 amide bonds. The van der Waals surface area contributed by atoms with E-state index in [4.69, 9.17) is 9.47 Å². The lowest BCUT2D eigenvalue weighted by Crippen LogP contribution is -2.46. The van der Waals surface area contributed by atoms with Crippen molar-refractivity contribution < 1.29 is 18.7 Å². The normalized spacial score (nSPS) is 18.6. The van der Waals surface area contributed by atoms with Crippen LogP contribution in [0.5, 0.6) is 5.75 Å². The first-order valence-electron chi connectivity index (χ1n) is 8.12. The number of hydrogen-bond acceptors (Lipinski definition) is 4. The van der Waals surface area contributed by atoms with Crippen molar-refractivity contribution >= 4 is 5.91 Å². The second-order valence-corrected chi connectivity index (χ2v) is 5.72. The quantitative estimate of drug-likeness (QED) is 0.741. The average molecular weight is 324 g/mol. The number of hydrogen-bond donors (Lipinski definition) is 1. The molecule has 23 heavy (non-hydrogen) atoms. The Hall–Kier alpha value is -1.66. The van der Waals surface area contributed by atoms with Crippen molar-refractivity contribution in [1.29, 1.82) is 0 Å². The summed E-state index contributed by atoms with van der Waals surface area (Å²) in [4.78, 5) is 14.1. The first-order valence-corrected chi connectivity index (χ1v) is 8.12. The highest BCUT2D eigenvalue weighted by Crippen LogP contribution is 2.12. The van der Waals surface area contributed by atoms with Crippen LogP contribution >= 0.6 is 0 Å². The molecule has 1 atom stereocenters. The van der Waals surface area contributed by atoms with Gasteiger partial charge in [0.15, 0.2) is 0 Å². The zero-order chi connectivity index (χ0) is 16.5. The third kappa shape index (κ3) is 6.54. The number of nitrogens with zero attached hydrogens (tertiary/aromatic N) is 1. The molecule has 1 fully saturated rings. The molecule has 1 aliphatic heterocycles. The molecule has 1 N–H and O–H groups in total. The van der Waals surface area contributed by atoms with Gasteiger partial charge in [0.05, 0.1) is 19.8 Å². The summed E-state index contributed by atoms with van der Waals surface area (Å²) in [5.41, 5.74) is 0. The minimum Gasteiger partial charge on any atom is -0.493 e. The summed E-state index contributed by atoms with van der Waals surface area (Å²) in [5.74, 6) is 0.193. The van der Waals surface area contributed by atoms with Gasteiger partial charge in [-0.25, -0.2) is 4.39 Å². The van der Waals surface area contributed by atoms with Gasteiger partial charge in [-0.3, -0.25) is 9.69 Å². The predicted molar refractivity (Wildman–Crippen MR) is 86.0 cm³/mol. The van der Waals surface area contributed by atoms with Crippen molar-refractivity contribution in [2.45, 2.75) is 25.8 Å². The fraction of sp³-hybridized carbons (Fsp3) is 0.588. The van der Waals surface area contributed by atoms with Crippen LogP contribution in [0.15, 0.2) is 24.3 Å². The SMILES string of the molecule is C[C@@H]1COCCN1CCNC(=O)CCCOc1cccc(F)c1. The average Bonchev–Trinajstić information content (AvgIpc) is 2.53. The number of nitrogens with one attached hydrogen (secondary N) is 1. The van der Waals surface area contributed by atoms with Gasteiger partial charge in [0.25, 0.3) is 0 Å². The first-order chi connectivity index (χ1) is 11.1. The number of carbonyl (C=O) groups is 1. The Kier molecular flexibility index (Phi) is 7.29. The van der Waals surface area contributed by atoms with E-state index in [1.807, 2.05) is 0 Å². The molecule has 128 valence electrons. The third-order valence-corrected chi connectivity index (χ3v) is 3.84. The Labute approximate surface area is 136 Å². The summed E-state index contributed by atoms with van der Waals surface area (Å²) in [6.07, 6.45) is 1.02. The Morgan fingerprint density at radius 1 is 1.52 bits per heavy atom. The third-order valence-electron chi connectivity index (χ3n) is 3.84. The van der Waals surface area contributed by atoms with Crippen LogP contribution in [0.2, 0.25) is 0 Å². The van der Waals surface area contributed by atoms with Crippen LogP contribution in [0.4, 0.5) is 4.39 Å². The summed E-state index contributed by atoms with van der Waals surface area (Å²) < 4.78 is 23.8. The van der Waals surface area contributed by atoms with Gasteiger partial charge in [0.2, 0.25) is 5.91 Å². The number of benzene rings is 1. The Morgan fingerprint density at radius 2 is 2.39 bits per heavy atom. The van der Waals surface area contributed by atoms with Crippen LogP contribution in [0.1, 0.15) is 19.8 Å². The van der Waals surface area contributed by atoms with Gasteiger partial charge >= 0.3 is 0 Å². The summed E-state index contributed by atoms with van der Waals surface area (Å²) in [6.45, 7) is 6.45. The fourth-order valence-corrected chi connectivity index (χ4v) is 2.50. The van der Waals surface area contributed by atoms with E-state index in [0.29, 0.717) is 37.8 Å². The van der Waals surface area contributed by atoms with Crippen molar-refractivity contribution in [2.24, 2.45) is 0 Å². The molecule has 0 bridgehead atoms. The number of amides is 1. The highest BCUT2D eigenvalue weighted by molar-refractivity contribution is 5.75. The molecule has 6 heteroatoms. The molecule has 0 aromatic heterocycles. The molecule has 5 nitrogen and oxygen atoms in total. The number of ether oxygens (including phenoxy) is 2. The monoisotopic (exact) mass is 324 g/mol. The van der Waals surface area contributed by atoms with Crippen molar-refractivity contribution in [3.63, 3.8) is 0 Å². The Bertz CT molecular complexity index is 498. The molecule has 0 saturated carbocycles. The fourth-order valence-electron chi connectivity index (χ4n) is 2.50. The van der Waals surface area contributed by atoms with Gasteiger partial charge in [-0.1, -0.05) is 6.07 Å². The van der Waals surface area contributed by atoms with Gasteiger partial charge in [0.1, 0.15) is 11.6 Å². The van der Waals surface area contributed by atoms with Crippen LogP contribution in [-0.4, -0.2) is 56.3 Å². The van der Waals surface area contributed by atoms with E-state index in [1.165, 1.54) is 12.1 Å². The lowest BCUT2D eigenvalue weighted by atomic mass is 10.2. The highest BCUT2D eigenvalue weighted by Gasteiger charge is 2.17. The summed E-state index contributed by atoms with van der Waals surface area (Å²) in [7, 11) is 0. The molecule has 1 aliphatic rings. The van der Waals surface area contributed by atoms with Gasteiger partial charge in [-0.05, 0) is 25.5 Å². The number of halogens is 1. The van der Waals surface area contributed by atoms with Crippen molar-refractivity contribution in [1.82, 2.24) is 10.2 Å². The molecule has 0 unspecified atom stereocenters. The van der Waals surface area contributed by atoms with Crippen LogP contribution in [0, 0.1) is 5.82 Å². The molecule has 1 heterocycles. The van der Waals surface area contributed by atoms with Crippen LogP contribution in [0.25, 0.3) is 0 Å². The minimum absolute atomic E-state index is 0.0220. The second-order valence-electron chi connectivity index (χ2n) is 5.72. The zero-order valence-electron chi connectivity index (χ0n) is 13.6. The van der Waals surface area contributed by atoms with Gasteiger partial charge in [0, 0.05) is 38.2 Å². The number of rotatable bonds is 8. The van der Waals surface area contributed by atoms with Gasteiger partial charge in [-0.2, -0.15) is 0 Å². The molecule has 0 aliphatic carbocycles. The zero-order valence-corrected chi connectivity index (χ0v) is 13.6. The highest BCUT2D eigenvalue weighted by atomic mass is 19.1. The van der Waals surface area contributed by atoms with E-state index >= 15 is 0 Å². The molecular formula is C17H25FN2O3. The lowest BCUT2D eigenvalue weighted by molar-refractivity contribution is -0.121. The summed E-state index contributed by atoms with van der Waals surface area (Å²) >= 11 is 0. The van der Waals surface area contributed by atoms with E-state index in [-0.39, 0.29) is 11.7 Å². The minimum atomic E-state index is -0.322. The molecule has 0 radical (unpaired) electrons. The van der Waals surface area contributed by atoms with Crippen molar-refractivity contribution in [3.05, 3.63) is 30.1 Å². The van der Waals surface area contributed by atoms with Crippen LogP contribution in [0.3, 0.4) is 0 Å². The lowest BCUT2D eigenvalue weighted by Gasteiger charge is -2.33. The standard InChI is InChI=1S/C17H25FN2O3/c1-14-13-22-11-9-20(14)8-7-19-17(21)6-3-10-23-16-5-2-4-15(18)12-16/h2,4-5,12,14H,3,6-11,13H2,1H3,(H,19,21)/t14-/m1/s1. The van der Waals surface area contributed by atoms with E-state index in [9.17, 15) is 9.18 Å².